The van der Waals surface area contributed by atoms with Gasteiger partial charge in [-0.05, 0) is 38.1 Å². The summed E-state index contributed by atoms with van der Waals surface area (Å²) < 4.78 is 5.87. The number of hydrogen-bond acceptors (Lipinski definition) is 7. The fraction of sp³-hybridized carbons (Fsp3) is 0.550. The van der Waals surface area contributed by atoms with E-state index < -0.39 is 0 Å². The molecule has 0 amide bonds. The summed E-state index contributed by atoms with van der Waals surface area (Å²) >= 11 is 0. The Morgan fingerprint density at radius 2 is 1.96 bits per heavy atom. The number of aliphatic hydroxyl groups is 1. The molecular formula is C20H27N5O2. The molecule has 27 heavy (non-hydrogen) atoms. The number of hydrogen-bond donors (Lipinski definition) is 2. The number of likely N-dealkylation sites (tertiary alicyclic amines) is 1. The molecule has 7 nitrogen and oxygen atoms in total. The van der Waals surface area contributed by atoms with Crippen molar-refractivity contribution >= 4 is 0 Å². The summed E-state index contributed by atoms with van der Waals surface area (Å²) in [5, 5.41) is 10.4. The highest BCUT2D eigenvalue weighted by Crippen LogP contribution is 2.51. The largest absolute Gasteiger partial charge is 0.392 e. The van der Waals surface area contributed by atoms with Crippen molar-refractivity contribution in [2.75, 3.05) is 26.2 Å². The maximum Gasteiger partial charge on any atom is 0.178 e. The number of ether oxygens (including phenoxy) is 1. The van der Waals surface area contributed by atoms with Crippen LogP contribution >= 0.6 is 0 Å². The van der Waals surface area contributed by atoms with E-state index in [9.17, 15) is 5.11 Å². The summed E-state index contributed by atoms with van der Waals surface area (Å²) in [6, 6.07) is 5.72. The van der Waals surface area contributed by atoms with Gasteiger partial charge in [0.1, 0.15) is 5.69 Å². The summed E-state index contributed by atoms with van der Waals surface area (Å²) in [5.74, 6) is 0.648. The molecule has 0 unspecified atom stereocenters. The molecule has 1 spiro atoms. The second-order valence-electron chi connectivity index (χ2n) is 7.54. The minimum atomic E-state index is -0.247. The lowest BCUT2D eigenvalue weighted by molar-refractivity contribution is -0.210. The molecule has 1 saturated heterocycles. The van der Waals surface area contributed by atoms with Gasteiger partial charge in [0, 0.05) is 49.1 Å². The minimum absolute atomic E-state index is 0.0784. The molecule has 144 valence electrons. The zero-order chi connectivity index (χ0) is 18.7. The molecule has 1 aliphatic heterocycles. The quantitative estimate of drug-likeness (QED) is 0.790. The van der Waals surface area contributed by atoms with Crippen LogP contribution in [0.3, 0.4) is 0 Å². The van der Waals surface area contributed by atoms with E-state index in [1.807, 2.05) is 30.6 Å². The molecule has 2 aliphatic rings. The molecule has 2 atom stereocenters. The van der Waals surface area contributed by atoms with Crippen LogP contribution in [0.5, 0.6) is 0 Å². The molecule has 1 saturated carbocycles. The van der Waals surface area contributed by atoms with Crippen LogP contribution in [-0.2, 0) is 11.3 Å². The van der Waals surface area contributed by atoms with Gasteiger partial charge in [-0.1, -0.05) is 6.07 Å². The van der Waals surface area contributed by atoms with E-state index in [1.165, 1.54) is 0 Å². The maximum absolute atomic E-state index is 10.4. The van der Waals surface area contributed by atoms with Crippen LogP contribution in [0.15, 0.2) is 36.8 Å². The van der Waals surface area contributed by atoms with E-state index in [-0.39, 0.29) is 17.6 Å². The number of aliphatic hydroxyl groups excluding tert-OH is 1. The molecule has 0 radical (unpaired) electrons. The molecule has 2 fully saturated rings. The van der Waals surface area contributed by atoms with Gasteiger partial charge in [-0.25, -0.2) is 9.97 Å². The van der Waals surface area contributed by atoms with Gasteiger partial charge in [0.05, 0.1) is 18.8 Å². The highest BCUT2D eigenvalue weighted by atomic mass is 16.5. The number of rotatable bonds is 6. The molecule has 4 rings (SSSR count). The van der Waals surface area contributed by atoms with E-state index in [1.54, 1.807) is 6.20 Å². The third-order valence-corrected chi connectivity index (χ3v) is 5.97. The Balaban J connectivity index is 1.33. The summed E-state index contributed by atoms with van der Waals surface area (Å²) in [6.07, 6.45) is 8.06. The van der Waals surface area contributed by atoms with Crippen molar-refractivity contribution in [1.29, 1.82) is 0 Å². The Kier molecular flexibility index (Phi) is 5.45. The lowest BCUT2D eigenvalue weighted by atomic mass is 9.58. The van der Waals surface area contributed by atoms with E-state index in [0.29, 0.717) is 19.0 Å². The van der Waals surface area contributed by atoms with Crippen molar-refractivity contribution < 1.29 is 9.84 Å². The van der Waals surface area contributed by atoms with Gasteiger partial charge < -0.3 is 15.6 Å². The summed E-state index contributed by atoms with van der Waals surface area (Å²) in [4.78, 5) is 15.6. The first-order chi connectivity index (χ1) is 13.2. The Hall–Kier alpha value is -1.93. The van der Waals surface area contributed by atoms with Gasteiger partial charge in [0.25, 0.3) is 0 Å². The standard InChI is InChI=1S/C20H27N5O2/c21-6-10-27-18-11-17(26)20(18)4-8-25(9-5-20)14-15-12-23-19(24-13-15)16-3-1-2-7-22-16/h1-3,7,12-13,17-18,26H,4-6,8-11,14,21H2/t17-,18+/m0/s1. The van der Waals surface area contributed by atoms with Crippen LogP contribution in [0.1, 0.15) is 24.8 Å². The highest BCUT2D eigenvalue weighted by molar-refractivity contribution is 5.47. The Bertz CT molecular complexity index is 732. The van der Waals surface area contributed by atoms with E-state index in [4.69, 9.17) is 10.5 Å². The average Bonchev–Trinajstić information content (AvgIpc) is 2.73. The molecule has 0 bridgehead atoms. The molecule has 7 heteroatoms. The van der Waals surface area contributed by atoms with E-state index in [0.717, 1.165) is 50.2 Å². The SMILES string of the molecule is NCCO[C@@H]1C[C@H](O)C12CCN(Cc1cnc(-c3ccccn3)nc1)CC2. The maximum atomic E-state index is 10.4. The highest BCUT2D eigenvalue weighted by Gasteiger charge is 2.55. The second kappa shape index (κ2) is 7.98. The zero-order valence-corrected chi connectivity index (χ0v) is 15.5. The minimum Gasteiger partial charge on any atom is -0.392 e. The van der Waals surface area contributed by atoms with Crippen LogP contribution in [-0.4, -0.2) is 63.4 Å². The van der Waals surface area contributed by atoms with Crippen LogP contribution in [0.4, 0.5) is 0 Å². The first-order valence-corrected chi connectivity index (χ1v) is 9.66. The monoisotopic (exact) mass is 369 g/mol. The lowest BCUT2D eigenvalue weighted by Crippen LogP contribution is -2.62. The topological polar surface area (TPSA) is 97.4 Å². The molecule has 3 heterocycles. The van der Waals surface area contributed by atoms with Crippen molar-refractivity contribution in [1.82, 2.24) is 19.9 Å². The van der Waals surface area contributed by atoms with Crippen LogP contribution < -0.4 is 5.73 Å². The van der Waals surface area contributed by atoms with Gasteiger partial charge in [-0.3, -0.25) is 9.88 Å². The van der Waals surface area contributed by atoms with Crippen molar-refractivity contribution in [3.63, 3.8) is 0 Å². The third-order valence-electron chi connectivity index (χ3n) is 5.97. The second-order valence-corrected chi connectivity index (χ2v) is 7.54. The van der Waals surface area contributed by atoms with Gasteiger partial charge in [-0.2, -0.15) is 0 Å². The van der Waals surface area contributed by atoms with Crippen molar-refractivity contribution in [3.8, 4) is 11.5 Å². The number of aromatic nitrogens is 3. The Labute approximate surface area is 159 Å². The zero-order valence-electron chi connectivity index (χ0n) is 15.5. The first-order valence-electron chi connectivity index (χ1n) is 9.66. The van der Waals surface area contributed by atoms with Gasteiger partial charge in [-0.15, -0.1) is 0 Å². The van der Waals surface area contributed by atoms with Gasteiger partial charge >= 0.3 is 0 Å². The van der Waals surface area contributed by atoms with Crippen LogP contribution in [0.2, 0.25) is 0 Å². The smallest absolute Gasteiger partial charge is 0.178 e. The summed E-state index contributed by atoms with van der Waals surface area (Å²) in [7, 11) is 0. The molecular weight excluding hydrogens is 342 g/mol. The first kappa shape index (κ1) is 18.4. The molecule has 3 N–H and O–H groups in total. The number of pyridine rings is 1. The summed E-state index contributed by atoms with van der Waals surface area (Å²) in [6.45, 7) is 3.82. The fourth-order valence-corrected chi connectivity index (χ4v) is 4.28. The van der Waals surface area contributed by atoms with Gasteiger partial charge in [0.15, 0.2) is 5.82 Å². The molecule has 0 aromatic carbocycles. The Morgan fingerprint density at radius 3 is 2.59 bits per heavy atom. The number of nitrogens with two attached hydrogens (primary N) is 1. The van der Waals surface area contributed by atoms with Crippen LogP contribution in [0.25, 0.3) is 11.5 Å². The van der Waals surface area contributed by atoms with E-state index >= 15 is 0 Å². The number of piperidine rings is 1. The molecule has 2 aromatic heterocycles. The van der Waals surface area contributed by atoms with Gasteiger partial charge in [0.2, 0.25) is 0 Å². The molecule has 2 aromatic rings. The third kappa shape index (κ3) is 3.73. The number of nitrogens with zero attached hydrogens (tertiary/aromatic N) is 4. The summed E-state index contributed by atoms with van der Waals surface area (Å²) in [5.41, 5.74) is 7.35. The van der Waals surface area contributed by atoms with Crippen molar-refractivity contribution in [2.24, 2.45) is 11.1 Å². The van der Waals surface area contributed by atoms with Crippen molar-refractivity contribution in [3.05, 3.63) is 42.4 Å². The average molecular weight is 369 g/mol. The predicted octanol–water partition coefficient (Wildman–Crippen LogP) is 1.23. The Morgan fingerprint density at radius 1 is 1.19 bits per heavy atom. The van der Waals surface area contributed by atoms with Crippen LogP contribution in [0, 0.1) is 5.41 Å². The normalized spacial score (nSPS) is 24.7. The predicted molar refractivity (Wildman–Crippen MR) is 102 cm³/mol. The molecule has 1 aliphatic carbocycles. The van der Waals surface area contributed by atoms with E-state index in [2.05, 4.69) is 19.9 Å². The van der Waals surface area contributed by atoms with Crippen molar-refractivity contribution in [2.45, 2.75) is 38.0 Å². The lowest BCUT2D eigenvalue weighted by Gasteiger charge is -2.56. The fourth-order valence-electron chi connectivity index (χ4n) is 4.28.